The van der Waals surface area contributed by atoms with Crippen molar-refractivity contribution >= 4 is 27.6 Å². The minimum Gasteiger partial charge on any atom is -0.497 e. The number of anilines is 1. The standard InChI is InChI=1S/C20H25N3O6S/c1-3-4-12-21-20(25)23-30(26,27)18-10-8-15(9-11-18)22-19(24)14-29-17-7-5-6-16(13-17)28-2/h5-11,13H,3-4,12,14H2,1-2H3,(H,22,24)(H2,21,23,25). The third kappa shape index (κ3) is 7.28. The van der Waals surface area contributed by atoms with Gasteiger partial charge in [0, 0.05) is 18.3 Å². The molecule has 2 aromatic rings. The first-order chi connectivity index (χ1) is 14.3. The molecule has 0 aliphatic rings. The lowest BCUT2D eigenvalue weighted by Gasteiger charge is -2.10. The number of rotatable bonds is 10. The molecule has 10 heteroatoms. The van der Waals surface area contributed by atoms with Crippen LogP contribution in [-0.4, -0.2) is 40.6 Å². The van der Waals surface area contributed by atoms with E-state index in [1.165, 1.54) is 31.4 Å². The number of hydrogen-bond donors (Lipinski definition) is 3. The Bertz CT molecular complexity index is 961. The Morgan fingerprint density at radius 3 is 2.40 bits per heavy atom. The number of unbranched alkanes of at least 4 members (excludes halogenated alkanes) is 1. The molecule has 3 N–H and O–H groups in total. The Balaban J connectivity index is 1.88. The van der Waals surface area contributed by atoms with Crippen molar-refractivity contribution in [3.05, 3.63) is 48.5 Å². The van der Waals surface area contributed by atoms with Gasteiger partial charge in [0.1, 0.15) is 11.5 Å². The molecule has 0 saturated heterocycles. The summed E-state index contributed by atoms with van der Waals surface area (Å²) >= 11 is 0. The number of methoxy groups -OCH3 is 1. The summed E-state index contributed by atoms with van der Waals surface area (Å²) in [5.41, 5.74) is 0.389. The van der Waals surface area contributed by atoms with E-state index in [2.05, 4.69) is 10.6 Å². The van der Waals surface area contributed by atoms with Crippen molar-refractivity contribution in [2.24, 2.45) is 0 Å². The van der Waals surface area contributed by atoms with Crippen molar-refractivity contribution in [3.8, 4) is 11.5 Å². The van der Waals surface area contributed by atoms with Gasteiger partial charge in [-0.05, 0) is 42.8 Å². The van der Waals surface area contributed by atoms with Gasteiger partial charge >= 0.3 is 6.03 Å². The highest BCUT2D eigenvalue weighted by Gasteiger charge is 2.17. The van der Waals surface area contributed by atoms with E-state index in [4.69, 9.17) is 9.47 Å². The average Bonchev–Trinajstić information content (AvgIpc) is 2.72. The molecule has 2 rings (SSSR count). The lowest BCUT2D eigenvalue weighted by atomic mass is 10.3. The zero-order valence-corrected chi connectivity index (χ0v) is 17.6. The zero-order valence-electron chi connectivity index (χ0n) is 16.8. The molecule has 0 aliphatic heterocycles. The second-order valence-corrected chi connectivity index (χ2v) is 7.94. The number of sulfonamides is 1. The van der Waals surface area contributed by atoms with Crippen molar-refractivity contribution < 1.29 is 27.5 Å². The molecule has 0 aromatic heterocycles. The van der Waals surface area contributed by atoms with Crippen LogP contribution in [0.4, 0.5) is 10.5 Å². The van der Waals surface area contributed by atoms with Gasteiger partial charge in [-0.25, -0.2) is 17.9 Å². The minimum atomic E-state index is -4.01. The highest BCUT2D eigenvalue weighted by molar-refractivity contribution is 7.90. The summed E-state index contributed by atoms with van der Waals surface area (Å²) < 4.78 is 36.9. The zero-order chi connectivity index (χ0) is 22.0. The summed E-state index contributed by atoms with van der Waals surface area (Å²) in [6.45, 7) is 2.12. The molecule has 0 saturated carbocycles. The summed E-state index contributed by atoms with van der Waals surface area (Å²) in [6, 6.07) is 11.5. The van der Waals surface area contributed by atoms with E-state index in [1.54, 1.807) is 24.3 Å². The number of carbonyl (C=O) groups is 2. The molecule has 30 heavy (non-hydrogen) atoms. The largest absolute Gasteiger partial charge is 0.497 e. The lowest BCUT2D eigenvalue weighted by molar-refractivity contribution is -0.118. The van der Waals surface area contributed by atoms with Crippen LogP contribution in [0.25, 0.3) is 0 Å². The molecule has 0 bridgehead atoms. The van der Waals surface area contributed by atoms with Crippen LogP contribution in [0.2, 0.25) is 0 Å². The van der Waals surface area contributed by atoms with E-state index >= 15 is 0 Å². The average molecular weight is 436 g/mol. The first-order valence-corrected chi connectivity index (χ1v) is 10.8. The van der Waals surface area contributed by atoms with Gasteiger partial charge in [-0.2, -0.15) is 0 Å². The van der Waals surface area contributed by atoms with Crippen molar-refractivity contribution in [2.45, 2.75) is 24.7 Å². The van der Waals surface area contributed by atoms with Crippen LogP contribution in [-0.2, 0) is 14.8 Å². The molecule has 0 fully saturated rings. The van der Waals surface area contributed by atoms with Crippen LogP contribution in [0, 0.1) is 0 Å². The highest BCUT2D eigenvalue weighted by Crippen LogP contribution is 2.19. The van der Waals surface area contributed by atoms with Crippen molar-refractivity contribution in [1.82, 2.24) is 10.0 Å². The SMILES string of the molecule is CCCCNC(=O)NS(=O)(=O)c1ccc(NC(=O)COc2cccc(OC)c2)cc1. The Morgan fingerprint density at radius 2 is 1.73 bits per heavy atom. The predicted octanol–water partition coefficient (Wildman–Crippen LogP) is 2.50. The third-order valence-electron chi connectivity index (χ3n) is 3.90. The summed E-state index contributed by atoms with van der Waals surface area (Å²) in [5, 5.41) is 5.08. The van der Waals surface area contributed by atoms with Gasteiger partial charge in [0.05, 0.1) is 12.0 Å². The van der Waals surface area contributed by atoms with E-state index in [0.29, 0.717) is 23.7 Å². The predicted molar refractivity (Wildman–Crippen MR) is 112 cm³/mol. The molecule has 0 atom stereocenters. The van der Waals surface area contributed by atoms with Crippen LogP contribution in [0.1, 0.15) is 19.8 Å². The fraction of sp³-hybridized carbons (Fsp3) is 0.300. The maximum absolute atomic E-state index is 12.2. The number of amides is 3. The van der Waals surface area contributed by atoms with Crippen LogP contribution in [0.15, 0.2) is 53.4 Å². The van der Waals surface area contributed by atoms with Gasteiger partial charge in [-0.3, -0.25) is 4.79 Å². The van der Waals surface area contributed by atoms with Crippen LogP contribution >= 0.6 is 0 Å². The number of carbonyl (C=O) groups excluding carboxylic acids is 2. The molecule has 0 aliphatic carbocycles. The van der Waals surface area contributed by atoms with Gasteiger partial charge in [-0.15, -0.1) is 0 Å². The third-order valence-corrected chi connectivity index (χ3v) is 5.25. The first kappa shape index (κ1) is 23.0. The van der Waals surface area contributed by atoms with Gasteiger partial charge in [-0.1, -0.05) is 19.4 Å². The number of hydrogen-bond acceptors (Lipinski definition) is 6. The maximum Gasteiger partial charge on any atom is 0.328 e. The fourth-order valence-corrected chi connectivity index (χ4v) is 3.28. The number of ether oxygens (including phenoxy) is 2. The second-order valence-electron chi connectivity index (χ2n) is 6.26. The van der Waals surface area contributed by atoms with E-state index in [0.717, 1.165) is 12.8 Å². The molecular weight excluding hydrogens is 410 g/mol. The van der Waals surface area contributed by atoms with Gasteiger partial charge in [0.2, 0.25) is 0 Å². The number of nitrogens with one attached hydrogen (secondary N) is 3. The van der Waals surface area contributed by atoms with Gasteiger partial charge in [0.25, 0.3) is 15.9 Å². The maximum atomic E-state index is 12.2. The second kappa shape index (κ2) is 11.1. The molecule has 0 unspecified atom stereocenters. The summed E-state index contributed by atoms with van der Waals surface area (Å²) in [5.74, 6) is 0.674. The van der Waals surface area contributed by atoms with E-state index in [-0.39, 0.29) is 11.5 Å². The normalized spacial score (nSPS) is 10.7. The number of urea groups is 1. The highest BCUT2D eigenvalue weighted by atomic mass is 32.2. The van der Waals surface area contributed by atoms with E-state index < -0.39 is 22.0 Å². The topological polar surface area (TPSA) is 123 Å². The molecule has 162 valence electrons. The summed E-state index contributed by atoms with van der Waals surface area (Å²) in [7, 11) is -2.47. The van der Waals surface area contributed by atoms with E-state index in [9.17, 15) is 18.0 Å². The Kier molecular flexibility index (Phi) is 8.48. The molecule has 0 heterocycles. The molecule has 0 spiro atoms. The minimum absolute atomic E-state index is 0.0984. The molecule has 9 nitrogen and oxygen atoms in total. The molecule has 3 amide bonds. The molecular formula is C20H25N3O6S. The van der Waals surface area contributed by atoms with Crippen LogP contribution in [0.3, 0.4) is 0 Å². The Hall–Kier alpha value is -3.27. The summed E-state index contributed by atoms with van der Waals surface area (Å²) in [6.07, 6.45) is 1.63. The fourth-order valence-electron chi connectivity index (χ4n) is 2.35. The van der Waals surface area contributed by atoms with Crippen LogP contribution in [0.5, 0.6) is 11.5 Å². The molecule has 0 radical (unpaired) electrons. The van der Waals surface area contributed by atoms with Crippen molar-refractivity contribution in [3.63, 3.8) is 0 Å². The quantitative estimate of drug-likeness (QED) is 0.493. The smallest absolute Gasteiger partial charge is 0.328 e. The van der Waals surface area contributed by atoms with Crippen molar-refractivity contribution in [1.29, 1.82) is 0 Å². The van der Waals surface area contributed by atoms with Crippen LogP contribution < -0.4 is 24.8 Å². The monoisotopic (exact) mass is 435 g/mol. The molecule has 2 aromatic carbocycles. The van der Waals surface area contributed by atoms with Gasteiger partial charge in [0.15, 0.2) is 6.61 Å². The van der Waals surface area contributed by atoms with Crippen molar-refractivity contribution in [2.75, 3.05) is 25.6 Å². The summed E-state index contributed by atoms with van der Waals surface area (Å²) in [4.78, 5) is 23.6. The lowest BCUT2D eigenvalue weighted by Crippen LogP contribution is -2.39. The first-order valence-electron chi connectivity index (χ1n) is 9.31. The van der Waals surface area contributed by atoms with E-state index in [1.807, 2.05) is 11.6 Å². The Labute approximate surface area is 175 Å². The Morgan fingerprint density at radius 1 is 1.03 bits per heavy atom. The number of benzene rings is 2. The van der Waals surface area contributed by atoms with Gasteiger partial charge < -0.3 is 20.1 Å².